The largest absolute Gasteiger partial charge is 0.272 e. The van der Waals surface area contributed by atoms with Gasteiger partial charge in [0.25, 0.3) is 11.6 Å². The number of carbonyl (C=O) groups excluding carboxylic acids is 1. The molecule has 21 heavy (non-hydrogen) atoms. The molecule has 1 amide bonds. The van der Waals surface area contributed by atoms with Crippen LogP contribution in [0.25, 0.3) is 0 Å². The maximum atomic E-state index is 11.9. The topological polar surface area (TPSA) is 97.5 Å². The molecule has 1 aromatic heterocycles. The maximum Gasteiger partial charge on any atom is 0.272 e. The average molecular weight is 284 g/mol. The summed E-state index contributed by atoms with van der Waals surface area (Å²) in [6.45, 7) is 1.58. The van der Waals surface area contributed by atoms with Crippen molar-refractivity contribution in [3.8, 4) is 0 Å². The van der Waals surface area contributed by atoms with E-state index in [0.717, 1.165) is 0 Å². The Balaban J connectivity index is 2.06. The molecule has 0 saturated heterocycles. The van der Waals surface area contributed by atoms with Crippen LogP contribution in [0.15, 0.2) is 47.7 Å². The van der Waals surface area contributed by atoms with Crippen molar-refractivity contribution >= 4 is 17.8 Å². The summed E-state index contributed by atoms with van der Waals surface area (Å²) >= 11 is 0. The zero-order valence-corrected chi connectivity index (χ0v) is 11.2. The first-order valence-corrected chi connectivity index (χ1v) is 6.07. The summed E-state index contributed by atoms with van der Waals surface area (Å²) in [5.74, 6) is -0.444. The van der Waals surface area contributed by atoms with Gasteiger partial charge in [0.2, 0.25) is 0 Å². The molecule has 7 heteroatoms. The highest BCUT2D eigenvalue weighted by atomic mass is 16.6. The Morgan fingerprint density at radius 2 is 2.19 bits per heavy atom. The Morgan fingerprint density at radius 1 is 1.38 bits per heavy atom. The predicted molar refractivity (Wildman–Crippen MR) is 77.1 cm³/mol. The van der Waals surface area contributed by atoms with Crippen LogP contribution in [0.3, 0.4) is 0 Å². The molecule has 0 fully saturated rings. The molecule has 1 heterocycles. The number of nitrogens with one attached hydrogen (secondary N) is 1. The first kappa shape index (κ1) is 14.3. The van der Waals surface area contributed by atoms with Gasteiger partial charge < -0.3 is 0 Å². The number of aryl methyl sites for hydroxylation is 1. The molecule has 7 nitrogen and oxygen atoms in total. The van der Waals surface area contributed by atoms with Gasteiger partial charge in [-0.2, -0.15) is 5.10 Å². The van der Waals surface area contributed by atoms with E-state index in [0.29, 0.717) is 16.8 Å². The van der Waals surface area contributed by atoms with Crippen LogP contribution in [0.5, 0.6) is 0 Å². The van der Waals surface area contributed by atoms with E-state index in [2.05, 4.69) is 15.5 Å². The number of hydrogen-bond donors (Lipinski definition) is 1. The van der Waals surface area contributed by atoms with E-state index >= 15 is 0 Å². The van der Waals surface area contributed by atoms with E-state index in [1.807, 2.05) is 0 Å². The van der Waals surface area contributed by atoms with Crippen molar-refractivity contribution in [1.29, 1.82) is 0 Å². The van der Waals surface area contributed by atoms with Crippen LogP contribution in [0.4, 0.5) is 5.69 Å². The Labute approximate surface area is 120 Å². The molecule has 1 aromatic carbocycles. The molecule has 2 aromatic rings. The summed E-state index contributed by atoms with van der Waals surface area (Å²) in [4.78, 5) is 26.1. The van der Waals surface area contributed by atoms with Crippen molar-refractivity contribution in [2.45, 2.75) is 6.92 Å². The number of aromatic nitrogens is 1. The van der Waals surface area contributed by atoms with Gasteiger partial charge in [-0.25, -0.2) is 5.43 Å². The minimum Gasteiger partial charge on any atom is -0.267 e. The maximum absolute atomic E-state index is 11.9. The van der Waals surface area contributed by atoms with Crippen molar-refractivity contribution in [2.24, 2.45) is 5.10 Å². The van der Waals surface area contributed by atoms with Gasteiger partial charge in [-0.05, 0) is 31.2 Å². The Morgan fingerprint density at radius 3 is 2.81 bits per heavy atom. The van der Waals surface area contributed by atoms with Gasteiger partial charge in [0.05, 0.1) is 16.8 Å². The van der Waals surface area contributed by atoms with Gasteiger partial charge >= 0.3 is 0 Å². The lowest BCUT2D eigenvalue weighted by atomic mass is 10.1. The molecule has 0 spiro atoms. The normalized spacial score (nSPS) is 10.5. The van der Waals surface area contributed by atoms with E-state index in [1.165, 1.54) is 24.4 Å². The van der Waals surface area contributed by atoms with Crippen molar-refractivity contribution in [3.63, 3.8) is 0 Å². The molecule has 2 rings (SSSR count). The number of benzene rings is 1. The molecule has 0 saturated carbocycles. The monoisotopic (exact) mass is 284 g/mol. The summed E-state index contributed by atoms with van der Waals surface area (Å²) in [6.07, 6.45) is 3.03. The Kier molecular flexibility index (Phi) is 4.35. The number of nitro benzene ring substituents is 1. The fourth-order valence-electron chi connectivity index (χ4n) is 1.68. The summed E-state index contributed by atoms with van der Waals surface area (Å²) in [6, 6.07) is 9.45. The summed E-state index contributed by atoms with van der Waals surface area (Å²) in [5.41, 5.74) is 3.65. The minimum atomic E-state index is -0.490. The van der Waals surface area contributed by atoms with Gasteiger partial charge in [-0.3, -0.25) is 19.9 Å². The minimum absolute atomic E-state index is 0.0245. The zero-order valence-electron chi connectivity index (χ0n) is 11.2. The molecular formula is C14H12N4O3. The number of amides is 1. The molecule has 0 unspecified atom stereocenters. The van der Waals surface area contributed by atoms with Crippen LogP contribution in [0.1, 0.15) is 21.6 Å². The first-order chi connectivity index (χ1) is 10.1. The highest BCUT2D eigenvalue weighted by Gasteiger charge is 2.13. The highest BCUT2D eigenvalue weighted by molar-refractivity contribution is 5.95. The fraction of sp³-hybridized carbons (Fsp3) is 0.0714. The second-order valence-corrected chi connectivity index (χ2v) is 4.21. The third-order valence-electron chi connectivity index (χ3n) is 2.71. The molecule has 0 atom stereocenters. The number of hydrazone groups is 1. The van der Waals surface area contributed by atoms with Crippen LogP contribution in [-0.4, -0.2) is 22.0 Å². The fourth-order valence-corrected chi connectivity index (χ4v) is 1.68. The van der Waals surface area contributed by atoms with Crippen molar-refractivity contribution in [2.75, 3.05) is 0 Å². The SMILES string of the molecule is Cc1cc(C(=O)NN=Cc2ccccn2)ccc1[N+](=O)[O-]. The van der Waals surface area contributed by atoms with Crippen LogP contribution in [-0.2, 0) is 0 Å². The quantitative estimate of drug-likeness (QED) is 0.528. The first-order valence-electron chi connectivity index (χ1n) is 6.07. The molecular weight excluding hydrogens is 272 g/mol. The Hall–Kier alpha value is -3.09. The zero-order chi connectivity index (χ0) is 15.2. The van der Waals surface area contributed by atoms with E-state index in [9.17, 15) is 14.9 Å². The molecule has 0 aliphatic carbocycles. The lowest BCUT2D eigenvalue weighted by molar-refractivity contribution is -0.385. The predicted octanol–water partition coefficient (Wildman–Crippen LogP) is 2.06. The molecule has 0 radical (unpaired) electrons. The van der Waals surface area contributed by atoms with Gasteiger partial charge in [0, 0.05) is 23.4 Å². The lowest BCUT2D eigenvalue weighted by Gasteiger charge is -2.02. The van der Waals surface area contributed by atoms with Gasteiger partial charge in [0.1, 0.15) is 0 Å². The molecule has 0 aliphatic rings. The number of rotatable bonds is 4. The van der Waals surface area contributed by atoms with Crippen molar-refractivity contribution < 1.29 is 9.72 Å². The standard InChI is InChI=1S/C14H12N4O3/c1-10-8-11(5-6-13(10)18(20)21)14(19)17-16-9-12-4-2-3-7-15-12/h2-9H,1H3,(H,17,19). The number of nitrogens with zero attached hydrogens (tertiary/aromatic N) is 3. The van der Waals surface area contributed by atoms with E-state index < -0.39 is 10.8 Å². The van der Waals surface area contributed by atoms with Crippen LogP contribution < -0.4 is 5.43 Å². The molecule has 1 N–H and O–H groups in total. The number of carbonyl (C=O) groups is 1. The summed E-state index contributed by atoms with van der Waals surface area (Å²) in [7, 11) is 0. The third-order valence-corrected chi connectivity index (χ3v) is 2.71. The number of hydrogen-bond acceptors (Lipinski definition) is 5. The van der Waals surface area contributed by atoms with Crippen LogP contribution in [0, 0.1) is 17.0 Å². The molecule has 0 bridgehead atoms. The van der Waals surface area contributed by atoms with Crippen LogP contribution in [0.2, 0.25) is 0 Å². The second kappa shape index (κ2) is 6.38. The van der Waals surface area contributed by atoms with Gasteiger partial charge in [0.15, 0.2) is 0 Å². The van der Waals surface area contributed by atoms with Gasteiger partial charge in [-0.15, -0.1) is 0 Å². The Bertz CT molecular complexity index is 699. The second-order valence-electron chi connectivity index (χ2n) is 4.21. The van der Waals surface area contributed by atoms with Crippen LogP contribution >= 0.6 is 0 Å². The summed E-state index contributed by atoms with van der Waals surface area (Å²) in [5, 5.41) is 14.5. The summed E-state index contributed by atoms with van der Waals surface area (Å²) < 4.78 is 0. The van der Waals surface area contributed by atoms with Crippen molar-refractivity contribution in [1.82, 2.24) is 10.4 Å². The van der Waals surface area contributed by atoms with E-state index in [1.54, 1.807) is 31.3 Å². The smallest absolute Gasteiger partial charge is 0.267 e. The number of pyridine rings is 1. The van der Waals surface area contributed by atoms with E-state index in [-0.39, 0.29) is 5.69 Å². The molecule has 106 valence electrons. The van der Waals surface area contributed by atoms with Gasteiger partial charge in [-0.1, -0.05) is 6.07 Å². The van der Waals surface area contributed by atoms with E-state index in [4.69, 9.17) is 0 Å². The third kappa shape index (κ3) is 3.69. The lowest BCUT2D eigenvalue weighted by Crippen LogP contribution is -2.17. The average Bonchev–Trinajstić information content (AvgIpc) is 2.47. The van der Waals surface area contributed by atoms with Crippen molar-refractivity contribution in [3.05, 3.63) is 69.5 Å². The number of nitro groups is 1. The highest BCUT2D eigenvalue weighted by Crippen LogP contribution is 2.18. The molecule has 0 aliphatic heterocycles.